The Morgan fingerprint density at radius 2 is 1.70 bits per heavy atom. The van der Waals surface area contributed by atoms with E-state index < -0.39 is 0 Å². The van der Waals surface area contributed by atoms with E-state index in [-0.39, 0.29) is 5.54 Å². The van der Waals surface area contributed by atoms with Gasteiger partial charge in [0, 0.05) is 12.4 Å². The topological polar surface area (TPSA) is 12.0 Å². The smallest absolute Gasteiger partial charge is 0.0595 e. The van der Waals surface area contributed by atoms with Crippen LogP contribution in [0.5, 0.6) is 0 Å². The fraction of sp³-hybridized carbons (Fsp3) is 0.250. The van der Waals surface area contributed by atoms with Crippen molar-refractivity contribution in [2.45, 2.75) is 19.0 Å². The lowest BCUT2D eigenvalue weighted by molar-refractivity contribution is 0.407. The minimum Gasteiger partial charge on any atom is -0.303 e. The van der Waals surface area contributed by atoms with Gasteiger partial charge in [-0.15, -0.1) is 11.6 Å². The number of alkyl halides is 1. The van der Waals surface area contributed by atoms with Gasteiger partial charge in [0.25, 0.3) is 0 Å². The van der Waals surface area contributed by atoms with Gasteiger partial charge in [-0.1, -0.05) is 59.6 Å². The van der Waals surface area contributed by atoms with E-state index in [9.17, 15) is 0 Å². The molecule has 0 aromatic heterocycles. The molecule has 106 valence electrons. The van der Waals surface area contributed by atoms with Crippen LogP contribution in [0, 0.1) is 0 Å². The normalized spacial score (nSPS) is 14.0. The highest BCUT2D eigenvalue weighted by molar-refractivity contribution is 6.42. The Hall–Kier alpha value is -0.730. The van der Waals surface area contributed by atoms with Gasteiger partial charge in [-0.25, -0.2) is 0 Å². The monoisotopic (exact) mass is 327 g/mol. The Labute approximate surface area is 134 Å². The van der Waals surface area contributed by atoms with Crippen LogP contribution in [-0.4, -0.2) is 5.88 Å². The van der Waals surface area contributed by atoms with Crippen LogP contribution in [0.25, 0.3) is 0 Å². The highest BCUT2D eigenvalue weighted by atomic mass is 35.5. The van der Waals surface area contributed by atoms with Crippen molar-refractivity contribution in [2.24, 2.45) is 0 Å². The quantitative estimate of drug-likeness (QED) is 0.740. The van der Waals surface area contributed by atoms with Crippen molar-refractivity contribution in [3.8, 4) is 0 Å². The maximum Gasteiger partial charge on any atom is 0.0595 e. The van der Waals surface area contributed by atoms with E-state index in [1.165, 1.54) is 0 Å². The van der Waals surface area contributed by atoms with Gasteiger partial charge in [-0.3, -0.25) is 0 Å². The Morgan fingerprint density at radius 3 is 2.30 bits per heavy atom. The first-order valence-corrected chi connectivity index (χ1v) is 7.65. The molecule has 2 rings (SSSR count). The number of hydrogen-bond donors (Lipinski definition) is 1. The van der Waals surface area contributed by atoms with Crippen molar-refractivity contribution >= 4 is 34.8 Å². The van der Waals surface area contributed by atoms with Gasteiger partial charge in [0.1, 0.15) is 0 Å². The van der Waals surface area contributed by atoms with Gasteiger partial charge < -0.3 is 5.32 Å². The molecule has 0 radical (unpaired) electrons. The largest absolute Gasteiger partial charge is 0.303 e. The van der Waals surface area contributed by atoms with Gasteiger partial charge >= 0.3 is 0 Å². The summed E-state index contributed by atoms with van der Waals surface area (Å²) >= 11 is 18.1. The molecule has 1 atom stereocenters. The molecular formula is C16H16Cl3N. The maximum atomic E-state index is 6.16. The van der Waals surface area contributed by atoms with Crippen molar-refractivity contribution in [1.29, 1.82) is 0 Å². The van der Waals surface area contributed by atoms with Crippen LogP contribution in [0.4, 0.5) is 0 Å². The van der Waals surface area contributed by atoms with Crippen LogP contribution in [0.1, 0.15) is 18.1 Å². The Kier molecular flexibility index (Phi) is 5.34. The zero-order valence-corrected chi connectivity index (χ0v) is 13.4. The Balaban J connectivity index is 2.13. The van der Waals surface area contributed by atoms with E-state index in [2.05, 4.69) is 24.4 Å². The molecule has 2 aromatic carbocycles. The summed E-state index contributed by atoms with van der Waals surface area (Å²) in [6.45, 7) is 2.77. The lowest BCUT2D eigenvalue weighted by Crippen LogP contribution is -2.40. The first-order valence-electron chi connectivity index (χ1n) is 6.35. The van der Waals surface area contributed by atoms with E-state index in [0.717, 1.165) is 11.1 Å². The van der Waals surface area contributed by atoms with E-state index in [1.54, 1.807) is 6.07 Å². The summed E-state index contributed by atoms with van der Waals surface area (Å²) in [6, 6.07) is 15.8. The molecule has 0 heterocycles. The first kappa shape index (κ1) is 15.7. The lowest BCUT2D eigenvalue weighted by Gasteiger charge is -2.29. The SMILES string of the molecule is CC(CCl)(NCc1ccc(Cl)c(Cl)c1)c1ccccc1. The second-order valence-corrected chi connectivity index (χ2v) is 6.02. The standard InChI is InChI=1S/C16H16Cl3N/c1-16(11-17,13-5-3-2-4-6-13)20-10-12-7-8-14(18)15(19)9-12/h2-9,20H,10-11H2,1H3. The second kappa shape index (κ2) is 6.82. The lowest BCUT2D eigenvalue weighted by atomic mass is 9.94. The van der Waals surface area contributed by atoms with Gasteiger partial charge in [0.2, 0.25) is 0 Å². The summed E-state index contributed by atoms with van der Waals surface area (Å²) in [6.07, 6.45) is 0. The average molecular weight is 329 g/mol. The third-order valence-electron chi connectivity index (χ3n) is 3.34. The van der Waals surface area contributed by atoms with Crippen molar-refractivity contribution in [3.05, 3.63) is 69.7 Å². The Bertz CT molecular complexity index is 571. The number of nitrogens with one attached hydrogen (secondary N) is 1. The molecule has 0 fully saturated rings. The zero-order valence-electron chi connectivity index (χ0n) is 11.2. The molecule has 0 saturated carbocycles. The number of halogens is 3. The van der Waals surface area contributed by atoms with Crippen molar-refractivity contribution in [3.63, 3.8) is 0 Å². The van der Waals surface area contributed by atoms with Crippen LogP contribution < -0.4 is 5.32 Å². The summed E-state index contributed by atoms with van der Waals surface area (Å²) in [5.41, 5.74) is 1.95. The summed E-state index contributed by atoms with van der Waals surface area (Å²) in [7, 11) is 0. The molecule has 1 nitrogen and oxygen atoms in total. The number of hydrogen-bond acceptors (Lipinski definition) is 1. The average Bonchev–Trinajstić information content (AvgIpc) is 2.49. The molecule has 0 aliphatic rings. The van der Waals surface area contributed by atoms with E-state index >= 15 is 0 Å². The fourth-order valence-corrected chi connectivity index (χ4v) is 2.55. The molecule has 0 saturated heterocycles. The number of rotatable bonds is 5. The third kappa shape index (κ3) is 3.67. The minimum atomic E-state index is -0.283. The summed E-state index contributed by atoms with van der Waals surface area (Å²) in [5.74, 6) is 0.484. The molecular weight excluding hydrogens is 313 g/mol. The van der Waals surface area contributed by atoms with Crippen molar-refractivity contribution in [1.82, 2.24) is 5.32 Å². The predicted octanol–water partition coefficient (Wildman–Crippen LogP) is 5.24. The van der Waals surface area contributed by atoms with Crippen LogP contribution in [0.15, 0.2) is 48.5 Å². The fourth-order valence-electron chi connectivity index (χ4n) is 1.98. The zero-order chi connectivity index (χ0) is 14.6. The van der Waals surface area contributed by atoms with Crippen molar-refractivity contribution < 1.29 is 0 Å². The third-order valence-corrected chi connectivity index (χ3v) is 4.62. The molecule has 1 N–H and O–H groups in total. The summed E-state index contributed by atoms with van der Waals surface area (Å²) in [4.78, 5) is 0. The first-order chi connectivity index (χ1) is 9.55. The molecule has 0 aliphatic carbocycles. The maximum absolute atomic E-state index is 6.16. The van der Waals surface area contributed by atoms with E-state index in [1.807, 2.05) is 30.3 Å². The second-order valence-electron chi connectivity index (χ2n) is 4.93. The van der Waals surface area contributed by atoms with Gasteiger partial charge in [-0.2, -0.15) is 0 Å². The molecule has 0 aliphatic heterocycles. The molecule has 20 heavy (non-hydrogen) atoms. The van der Waals surface area contributed by atoms with Crippen LogP contribution in [0.2, 0.25) is 10.0 Å². The highest BCUT2D eigenvalue weighted by Gasteiger charge is 2.24. The van der Waals surface area contributed by atoms with E-state index in [4.69, 9.17) is 34.8 Å². The van der Waals surface area contributed by atoms with Crippen LogP contribution in [-0.2, 0) is 12.1 Å². The minimum absolute atomic E-state index is 0.283. The van der Waals surface area contributed by atoms with Crippen molar-refractivity contribution in [2.75, 3.05) is 5.88 Å². The Morgan fingerprint density at radius 1 is 1.00 bits per heavy atom. The molecule has 0 bridgehead atoms. The molecule has 0 spiro atoms. The summed E-state index contributed by atoms with van der Waals surface area (Å²) in [5, 5.41) is 4.63. The number of benzene rings is 2. The highest BCUT2D eigenvalue weighted by Crippen LogP contribution is 2.25. The van der Waals surface area contributed by atoms with Gasteiger partial charge in [0.05, 0.1) is 15.6 Å². The van der Waals surface area contributed by atoms with Gasteiger partial charge in [-0.05, 0) is 30.2 Å². The predicted molar refractivity (Wildman–Crippen MR) is 87.8 cm³/mol. The molecule has 4 heteroatoms. The van der Waals surface area contributed by atoms with E-state index in [0.29, 0.717) is 22.5 Å². The summed E-state index contributed by atoms with van der Waals surface area (Å²) < 4.78 is 0. The molecule has 1 unspecified atom stereocenters. The van der Waals surface area contributed by atoms with Crippen LogP contribution >= 0.6 is 34.8 Å². The van der Waals surface area contributed by atoms with Crippen LogP contribution in [0.3, 0.4) is 0 Å². The molecule has 2 aromatic rings. The molecule has 0 amide bonds. The van der Waals surface area contributed by atoms with Gasteiger partial charge in [0.15, 0.2) is 0 Å².